The van der Waals surface area contributed by atoms with Gasteiger partial charge in [0.25, 0.3) is 5.56 Å². The molecule has 4 N–H and O–H groups in total. The molecule has 6 heterocycles. The van der Waals surface area contributed by atoms with Gasteiger partial charge >= 0.3 is 0 Å². The zero-order chi connectivity index (χ0) is 41.5. The summed E-state index contributed by atoms with van der Waals surface area (Å²) >= 11 is 0. The molecule has 3 fully saturated rings. The van der Waals surface area contributed by atoms with E-state index in [0.717, 1.165) is 82.0 Å². The number of piperidine rings is 2. The fraction of sp³-hybridized carbons (Fsp3) is 0.409. The molecule has 60 heavy (non-hydrogen) atoms. The lowest BCUT2D eigenvalue weighted by Gasteiger charge is -2.40. The number of rotatable bonds is 11. The first-order valence-corrected chi connectivity index (χ1v) is 20.8. The summed E-state index contributed by atoms with van der Waals surface area (Å²) in [6.45, 7) is 12.2. The van der Waals surface area contributed by atoms with Crippen LogP contribution in [0.2, 0.25) is 0 Å². The van der Waals surface area contributed by atoms with Gasteiger partial charge in [0.2, 0.25) is 17.8 Å². The molecule has 15 nitrogen and oxygen atoms in total. The topological polar surface area (TPSA) is 166 Å². The van der Waals surface area contributed by atoms with Crippen molar-refractivity contribution in [2.75, 3.05) is 66.2 Å². The van der Waals surface area contributed by atoms with E-state index in [1.165, 1.54) is 16.9 Å². The van der Waals surface area contributed by atoms with Crippen LogP contribution in [0.25, 0.3) is 16.9 Å². The Balaban J connectivity index is 0.781. The number of hydrogen-bond donors (Lipinski definition) is 4. The van der Waals surface area contributed by atoms with Gasteiger partial charge in [0.05, 0.1) is 17.9 Å². The molecule has 0 spiro atoms. The number of carbonyl (C=O) groups is 2. The Morgan fingerprint density at radius 3 is 2.43 bits per heavy atom. The second kappa shape index (κ2) is 16.1. The molecule has 0 saturated carbocycles. The molecule has 16 heteroatoms. The Bertz CT molecular complexity index is 2500. The predicted molar refractivity (Wildman–Crippen MR) is 229 cm³/mol. The molecular formula is C44H50FN11O4. The van der Waals surface area contributed by atoms with E-state index >= 15 is 4.39 Å². The maximum absolute atomic E-state index is 15.2. The number of halogens is 1. The van der Waals surface area contributed by atoms with E-state index in [9.17, 15) is 19.5 Å². The molecule has 312 valence electrons. The number of nitrogens with one attached hydrogen (secondary N) is 3. The third kappa shape index (κ3) is 7.84. The van der Waals surface area contributed by atoms with Crippen molar-refractivity contribution in [2.45, 2.75) is 63.6 Å². The normalized spacial score (nSPS) is 21.3. The van der Waals surface area contributed by atoms with Crippen LogP contribution < -0.4 is 31.3 Å². The van der Waals surface area contributed by atoms with E-state index in [1.54, 1.807) is 29.8 Å². The molecule has 5 aromatic rings. The first-order valence-electron chi connectivity index (χ1n) is 20.8. The summed E-state index contributed by atoms with van der Waals surface area (Å²) in [6.07, 6.45) is 7.17. The number of pyridine rings is 1. The van der Waals surface area contributed by atoms with Crippen molar-refractivity contribution < 1.29 is 19.1 Å². The number of aliphatic hydroxyl groups is 1. The Morgan fingerprint density at radius 1 is 0.933 bits per heavy atom. The van der Waals surface area contributed by atoms with Crippen molar-refractivity contribution in [3.63, 3.8) is 0 Å². The van der Waals surface area contributed by atoms with Crippen molar-refractivity contribution in [3.05, 3.63) is 101 Å². The predicted octanol–water partition coefficient (Wildman–Crippen LogP) is 4.46. The molecule has 1 aliphatic carbocycles. The summed E-state index contributed by atoms with van der Waals surface area (Å²) in [4.78, 5) is 58.2. The lowest BCUT2D eigenvalue weighted by atomic mass is 9.95. The minimum absolute atomic E-state index is 0.248. The van der Waals surface area contributed by atoms with Crippen molar-refractivity contribution in [1.82, 2.24) is 34.5 Å². The lowest BCUT2D eigenvalue weighted by Crippen LogP contribution is -2.49. The largest absolute Gasteiger partial charge is 0.384 e. The van der Waals surface area contributed by atoms with Crippen molar-refractivity contribution >= 4 is 51.5 Å². The zero-order valence-electron chi connectivity index (χ0n) is 33.7. The van der Waals surface area contributed by atoms with E-state index in [1.807, 2.05) is 24.3 Å². The minimum Gasteiger partial charge on any atom is -0.384 e. The van der Waals surface area contributed by atoms with Crippen LogP contribution in [0, 0.1) is 11.7 Å². The molecule has 2 aromatic carbocycles. The van der Waals surface area contributed by atoms with E-state index in [-0.39, 0.29) is 36.2 Å². The van der Waals surface area contributed by atoms with E-state index in [2.05, 4.69) is 54.3 Å². The van der Waals surface area contributed by atoms with E-state index < -0.39 is 11.6 Å². The Morgan fingerprint density at radius 2 is 1.70 bits per heavy atom. The minimum atomic E-state index is -1.04. The van der Waals surface area contributed by atoms with E-state index in [0.29, 0.717) is 58.6 Å². The summed E-state index contributed by atoms with van der Waals surface area (Å²) in [5.74, 6) is 0.410. The van der Waals surface area contributed by atoms with Crippen molar-refractivity contribution in [2.24, 2.45) is 5.92 Å². The number of piperazine rings is 1. The average Bonchev–Trinajstić information content (AvgIpc) is 3.70. The number of aromatic nitrogens is 5. The first-order chi connectivity index (χ1) is 29.0. The van der Waals surface area contributed by atoms with Gasteiger partial charge in [-0.2, -0.15) is 4.98 Å². The molecule has 3 saturated heterocycles. The quantitative estimate of drug-likeness (QED) is 0.110. The molecule has 3 aliphatic heterocycles. The second-order valence-electron chi connectivity index (χ2n) is 16.6. The second-order valence-corrected chi connectivity index (χ2v) is 16.6. The highest BCUT2D eigenvalue weighted by Gasteiger charge is 2.34. The highest BCUT2D eigenvalue weighted by molar-refractivity contribution is 6.01. The van der Waals surface area contributed by atoms with Crippen LogP contribution in [-0.4, -0.2) is 98.0 Å². The zero-order valence-corrected chi connectivity index (χ0v) is 33.7. The van der Waals surface area contributed by atoms with Crippen LogP contribution >= 0.6 is 0 Å². The number of aryl methyl sites for hydroxylation is 1. The summed E-state index contributed by atoms with van der Waals surface area (Å²) < 4.78 is 18.5. The number of carbonyl (C=O) groups excluding carboxylic acids is 2. The molecule has 1 unspecified atom stereocenters. The fourth-order valence-electron chi connectivity index (χ4n) is 9.05. The molecule has 0 bridgehead atoms. The van der Waals surface area contributed by atoms with Crippen LogP contribution in [0.1, 0.15) is 50.3 Å². The molecule has 2 amide bonds. The number of fused-ring (bicyclic) bond motifs is 2. The van der Waals surface area contributed by atoms with Crippen LogP contribution in [-0.2, 0) is 28.2 Å². The highest BCUT2D eigenvalue weighted by Crippen LogP contribution is 2.36. The third-order valence-corrected chi connectivity index (χ3v) is 12.4. The van der Waals surface area contributed by atoms with Crippen molar-refractivity contribution in [3.8, 4) is 5.82 Å². The maximum atomic E-state index is 15.2. The highest BCUT2D eigenvalue weighted by atomic mass is 19.1. The summed E-state index contributed by atoms with van der Waals surface area (Å²) in [5.41, 5.74) is 3.80. The van der Waals surface area contributed by atoms with E-state index in [4.69, 9.17) is 9.97 Å². The maximum Gasteiger partial charge on any atom is 0.278 e. The van der Waals surface area contributed by atoms with Crippen LogP contribution in [0.4, 0.5) is 33.1 Å². The fourth-order valence-corrected chi connectivity index (χ4v) is 9.05. The summed E-state index contributed by atoms with van der Waals surface area (Å²) in [6, 6.07) is 16.5. The Hall–Kier alpha value is -6.13. The van der Waals surface area contributed by atoms with Crippen molar-refractivity contribution in [1.29, 1.82) is 0 Å². The smallest absolute Gasteiger partial charge is 0.278 e. The number of allylic oxidation sites excluding steroid dienone is 1. The van der Waals surface area contributed by atoms with Gasteiger partial charge in [-0.1, -0.05) is 12.1 Å². The molecule has 3 aromatic heterocycles. The molecule has 9 rings (SSSR count). The van der Waals surface area contributed by atoms with Crippen LogP contribution in [0.3, 0.4) is 0 Å². The van der Waals surface area contributed by atoms with Gasteiger partial charge in [0, 0.05) is 75.5 Å². The van der Waals surface area contributed by atoms with Crippen LogP contribution in [0.5, 0.6) is 0 Å². The molecule has 2 atom stereocenters. The summed E-state index contributed by atoms with van der Waals surface area (Å²) in [5, 5.41) is 20.0. The van der Waals surface area contributed by atoms with Gasteiger partial charge in [-0.05, 0) is 99.0 Å². The SMILES string of the molecule is C=CCn1c(=O)c2cnc(Nc3ccc(N4CCN(CC5CCN(c6ccc(NC7CCC(=O)NC7=O)cc6F)CC5)CC4)cc3)nc2n1-c1ccc2c(n1)[C@](C)(O)CC2. The number of anilines is 5. The number of nitrogens with zero attached hydrogens (tertiary/aromatic N) is 8. The monoisotopic (exact) mass is 815 g/mol. The molecule has 4 aliphatic rings. The van der Waals surface area contributed by atoms with Gasteiger partial charge in [-0.15, -0.1) is 6.58 Å². The average molecular weight is 816 g/mol. The van der Waals surface area contributed by atoms with Gasteiger partial charge in [0.15, 0.2) is 11.5 Å². The van der Waals surface area contributed by atoms with Gasteiger partial charge in [0.1, 0.15) is 22.8 Å². The van der Waals surface area contributed by atoms with Crippen LogP contribution in [0.15, 0.2) is 78.2 Å². The number of benzene rings is 2. The van der Waals surface area contributed by atoms with Gasteiger partial charge in [-0.25, -0.2) is 23.7 Å². The number of hydrogen-bond acceptors (Lipinski definition) is 12. The first kappa shape index (κ1) is 39.3. The third-order valence-electron chi connectivity index (χ3n) is 12.4. The van der Waals surface area contributed by atoms with Gasteiger partial charge < -0.3 is 25.5 Å². The summed E-state index contributed by atoms with van der Waals surface area (Å²) in [7, 11) is 0. The standard InChI is InChI=1S/C44H50FN11O4/c1-3-18-55-42(59)33-26-46-43(51-40(33)56(55)37-12-4-29-14-17-44(2,60)39(29)49-37)48-30-5-8-32(9-6-30)53-23-21-52(22-24-53)27-28-15-19-54(20-16-28)36-11-7-31(25-34(36)45)47-35-10-13-38(57)50-41(35)58/h3-9,11-12,25-26,28,35,47,60H,1,10,13-24,27H2,2H3,(H,46,48,51)(H,50,57,58)/t35?,44-/m1/s1. The number of amides is 2. The Kier molecular flexibility index (Phi) is 10.6. The molecule has 0 radical (unpaired) electrons. The lowest BCUT2D eigenvalue weighted by molar-refractivity contribution is -0.133. The number of imide groups is 1. The molecular weight excluding hydrogens is 766 g/mol. The van der Waals surface area contributed by atoms with Gasteiger partial charge in [-0.3, -0.25) is 24.6 Å². The Labute approximate surface area is 346 Å².